The van der Waals surface area contributed by atoms with Crippen LogP contribution in [0.1, 0.15) is 27.0 Å². The molecule has 0 heterocycles. The second-order valence-electron chi connectivity index (χ2n) is 6.00. The Morgan fingerprint density at radius 2 is 1.50 bits per heavy atom. The summed E-state index contributed by atoms with van der Waals surface area (Å²) in [4.78, 5) is 24.6. The maximum absolute atomic E-state index is 12.4. The Kier molecular flexibility index (Phi) is 6.22. The summed E-state index contributed by atoms with van der Waals surface area (Å²) in [6.45, 7) is 5.56. The fraction of sp³-hybridized carbons (Fsp3) is 0.300. The van der Waals surface area contributed by atoms with Crippen molar-refractivity contribution in [3.05, 3.63) is 52.6 Å². The maximum Gasteiger partial charge on any atom is 0.251 e. The molecule has 26 heavy (non-hydrogen) atoms. The molecule has 0 aromatic heterocycles. The number of amides is 2. The summed E-state index contributed by atoms with van der Waals surface area (Å²) in [7, 11) is 3.06. The summed E-state index contributed by atoms with van der Waals surface area (Å²) in [5.41, 5.74) is 3.88. The van der Waals surface area contributed by atoms with Gasteiger partial charge in [-0.05, 0) is 44.0 Å². The number of aryl methyl sites for hydroxylation is 2. The van der Waals surface area contributed by atoms with Gasteiger partial charge in [0.1, 0.15) is 11.5 Å². The second kappa shape index (κ2) is 8.38. The van der Waals surface area contributed by atoms with E-state index in [0.29, 0.717) is 17.1 Å². The summed E-state index contributed by atoms with van der Waals surface area (Å²) in [5, 5.41) is 5.45. The molecule has 6 nitrogen and oxygen atoms in total. The quantitative estimate of drug-likeness (QED) is 0.834. The molecule has 0 saturated carbocycles. The Morgan fingerprint density at radius 1 is 0.962 bits per heavy atom. The van der Waals surface area contributed by atoms with Crippen LogP contribution >= 0.6 is 0 Å². The van der Waals surface area contributed by atoms with Crippen molar-refractivity contribution in [3.8, 4) is 11.5 Å². The predicted molar refractivity (Wildman–Crippen MR) is 101 cm³/mol. The van der Waals surface area contributed by atoms with Gasteiger partial charge in [0.15, 0.2) is 0 Å². The molecule has 6 heteroatoms. The lowest BCUT2D eigenvalue weighted by Gasteiger charge is -2.14. The number of carbonyl (C=O) groups excluding carboxylic acids is 2. The van der Waals surface area contributed by atoms with Crippen molar-refractivity contribution < 1.29 is 19.1 Å². The second-order valence-corrected chi connectivity index (χ2v) is 6.00. The first-order valence-electron chi connectivity index (χ1n) is 8.24. The zero-order valence-electron chi connectivity index (χ0n) is 15.7. The lowest BCUT2D eigenvalue weighted by Crippen LogP contribution is -2.33. The molecule has 0 spiro atoms. The smallest absolute Gasteiger partial charge is 0.251 e. The van der Waals surface area contributed by atoms with Crippen LogP contribution < -0.4 is 20.1 Å². The molecule has 2 aromatic rings. The molecule has 0 aliphatic carbocycles. The average molecular weight is 356 g/mol. The Hall–Kier alpha value is -3.02. The van der Waals surface area contributed by atoms with Crippen molar-refractivity contribution in [2.45, 2.75) is 20.8 Å². The molecular formula is C20H24N2O4. The number of methoxy groups -OCH3 is 2. The van der Waals surface area contributed by atoms with Crippen LogP contribution in [0.4, 0.5) is 5.69 Å². The van der Waals surface area contributed by atoms with Crippen LogP contribution in [0.5, 0.6) is 11.5 Å². The van der Waals surface area contributed by atoms with Crippen LogP contribution in [0.2, 0.25) is 0 Å². The summed E-state index contributed by atoms with van der Waals surface area (Å²) in [5.74, 6) is 0.434. The number of nitrogens with one attached hydrogen (secondary N) is 2. The van der Waals surface area contributed by atoms with Crippen molar-refractivity contribution in [1.82, 2.24) is 5.32 Å². The third-order valence-electron chi connectivity index (χ3n) is 4.17. The first kappa shape index (κ1) is 19.3. The average Bonchev–Trinajstić information content (AvgIpc) is 2.63. The Bertz CT molecular complexity index is 785. The van der Waals surface area contributed by atoms with Gasteiger partial charge in [0, 0.05) is 16.8 Å². The molecule has 0 aliphatic heterocycles. The van der Waals surface area contributed by atoms with Gasteiger partial charge < -0.3 is 20.1 Å². The number of benzene rings is 2. The molecule has 2 rings (SSSR count). The van der Waals surface area contributed by atoms with Crippen LogP contribution in [0.3, 0.4) is 0 Å². The minimum Gasteiger partial charge on any atom is -0.496 e. The maximum atomic E-state index is 12.4. The van der Waals surface area contributed by atoms with Gasteiger partial charge in [-0.15, -0.1) is 0 Å². The molecule has 0 fully saturated rings. The fourth-order valence-corrected chi connectivity index (χ4v) is 2.68. The van der Waals surface area contributed by atoms with Gasteiger partial charge in [0.05, 0.1) is 20.8 Å². The Balaban J connectivity index is 2.05. The van der Waals surface area contributed by atoms with E-state index in [2.05, 4.69) is 10.6 Å². The van der Waals surface area contributed by atoms with E-state index in [1.165, 1.54) is 14.2 Å². The summed E-state index contributed by atoms with van der Waals surface area (Å²) in [6, 6.07) is 9.02. The number of carbonyl (C=O) groups is 2. The zero-order valence-corrected chi connectivity index (χ0v) is 15.7. The van der Waals surface area contributed by atoms with Crippen molar-refractivity contribution in [1.29, 1.82) is 0 Å². The van der Waals surface area contributed by atoms with E-state index in [0.717, 1.165) is 22.4 Å². The van der Waals surface area contributed by atoms with E-state index in [1.807, 2.05) is 39.0 Å². The number of hydrogen-bond donors (Lipinski definition) is 2. The highest BCUT2D eigenvalue weighted by molar-refractivity contribution is 6.00. The minimum atomic E-state index is -0.377. The monoisotopic (exact) mass is 356 g/mol. The molecule has 2 amide bonds. The normalized spacial score (nSPS) is 10.2. The van der Waals surface area contributed by atoms with Gasteiger partial charge in [0.25, 0.3) is 5.91 Å². The van der Waals surface area contributed by atoms with Gasteiger partial charge in [-0.25, -0.2) is 0 Å². The summed E-state index contributed by atoms with van der Waals surface area (Å²) in [6.07, 6.45) is 0. The van der Waals surface area contributed by atoms with E-state index in [1.54, 1.807) is 12.1 Å². The standard InChI is InChI=1S/C20H24N2O4/c1-12-7-6-8-13(2)19(12)22-18(23)11-21-20(24)15-9-16(25-4)14(3)17(10-15)26-5/h6-10H,11H2,1-5H3,(H,21,24)(H,22,23). The SMILES string of the molecule is COc1cc(C(=O)NCC(=O)Nc2c(C)cccc2C)cc(OC)c1C. The lowest BCUT2D eigenvalue weighted by atomic mass is 10.1. The molecule has 0 bridgehead atoms. The van der Waals surface area contributed by atoms with Crippen molar-refractivity contribution in [3.63, 3.8) is 0 Å². The summed E-state index contributed by atoms with van der Waals surface area (Å²) >= 11 is 0. The Labute approximate surface area is 153 Å². The van der Waals surface area contributed by atoms with Crippen LogP contribution in [-0.4, -0.2) is 32.6 Å². The number of para-hydroxylation sites is 1. The topological polar surface area (TPSA) is 76.7 Å². The van der Waals surface area contributed by atoms with Gasteiger partial charge >= 0.3 is 0 Å². The zero-order chi connectivity index (χ0) is 19.3. The number of anilines is 1. The third-order valence-corrected chi connectivity index (χ3v) is 4.17. The number of ether oxygens (including phenoxy) is 2. The lowest BCUT2D eigenvalue weighted by molar-refractivity contribution is -0.115. The highest BCUT2D eigenvalue weighted by Crippen LogP contribution is 2.29. The van der Waals surface area contributed by atoms with Gasteiger partial charge in [0.2, 0.25) is 5.91 Å². The van der Waals surface area contributed by atoms with Crippen molar-refractivity contribution in [2.75, 3.05) is 26.1 Å². The van der Waals surface area contributed by atoms with Crippen LogP contribution in [0, 0.1) is 20.8 Å². The van der Waals surface area contributed by atoms with Gasteiger partial charge in [-0.2, -0.15) is 0 Å². The summed E-state index contributed by atoms with van der Waals surface area (Å²) < 4.78 is 10.5. The number of rotatable bonds is 6. The molecule has 2 N–H and O–H groups in total. The fourth-order valence-electron chi connectivity index (χ4n) is 2.68. The number of hydrogen-bond acceptors (Lipinski definition) is 4. The van der Waals surface area contributed by atoms with Crippen LogP contribution in [0.25, 0.3) is 0 Å². The molecule has 138 valence electrons. The van der Waals surface area contributed by atoms with E-state index in [4.69, 9.17) is 9.47 Å². The highest BCUT2D eigenvalue weighted by atomic mass is 16.5. The molecule has 0 atom stereocenters. The molecule has 2 aromatic carbocycles. The van der Waals surface area contributed by atoms with E-state index in [-0.39, 0.29) is 18.4 Å². The van der Waals surface area contributed by atoms with Crippen molar-refractivity contribution in [2.24, 2.45) is 0 Å². The van der Waals surface area contributed by atoms with Crippen LogP contribution in [0.15, 0.2) is 30.3 Å². The predicted octanol–water partition coefficient (Wildman–Crippen LogP) is 3.00. The van der Waals surface area contributed by atoms with Crippen LogP contribution in [-0.2, 0) is 4.79 Å². The largest absolute Gasteiger partial charge is 0.496 e. The molecule has 0 aliphatic rings. The molecule has 0 radical (unpaired) electrons. The first-order valence-corrected chi connectivity index (χ1v) is 8.24. The molecular weight excluding hydrogens is 332 g/mol. The first-order chi connectivity index (χ1) is 12.4. The Morgan fingerprint density at radius 3 is 2.00 bits per heavy atom. The van der Waals surface area contributed by atoms with Crippen molar-refractivity contribution >= 4 is 17.5 Å². The molecule has 0 unspecified atom stereocenters. The molecule has 0 saturated heterocycles. The minimum absolute atomic E-state index is 0.134. The van der Waals surface area contributed by atoms with Gasteiger partial charge in [-0.1, -0.05) is 18.2 Å². The van der Waals surface area contributed by atoms with Gasteiger partial charge in [-0.3, -0.25) is 9.59 Å². The van der Waals surface area contributed by atoms with E-state index < -0.39 is 0 Å². The van der Waals surface area contributed by atoms with E-state index in [9.17, 15) is 9.59 Å². The third kappa shape index (κ3) is 4.33. The highest BCUT2D eigenvalue weighted by Gasteiger charge is 2.15. The van der Waals surface area contributed by atoms with E-state index >= 15 is 0 Å².